The number of carbonyl (C=O) groups excluding carboxylic acids is 4. The summed E-state index contributed by atoms with van der Waals surface area (Å²) in [5.74, 6) is -2.87. The molecule has 1 fully saturated rings. The molecule has 0 radical (unpaired) electrons. The van der Waals surface area contributed by atoms with Gasteiger partial charge in [-0.05, 0) is 53.5 Å². The summed E-state index contributed by atoms with van der Waals surface area (Å²) in [5.41, 5.74) is 0.863. The van der Waals surface area contributed by atoms with Gasteiger partial charge in [-0.2, -0.15) is 4.68 Å². The summed E-state index contributed by atoms with van der Waals surface area (Å²) < 4.78 is 27.1. The van der Waals surface area contributed by atoms with E-state index in [0.29, 0.717) is 24.1 Å². The van der Waals surface area contributed by atoms with Crippen LogP contribution in [-0.4, -0.2) is 79.5 Å². The molecule has 0 saturated carbocycles. The lowest BCUT2D eigenvalue weighted by atomic mass is 9.92. The molecule has 2 aromatic heterocycles. The maximum Gasteiger partial charge on any atom is 0.329 e. The molecule has 41 heavy (non-hydrogen) atoms. The highest BCUT2D eigenvalue weighted by atomic mass is 35.5. The number of esters is 1. The van der Waals surface area contributed by atoms with Gasteiger partial charge >= 0.3 is 5.97 Å². The zero-order valence-corrected chi connectivity index (χ0v) is 22.6. The number of fused-ring (bicyclic) bond motifs is 1. The number of anilines is 1. The van der Waals surface area contributed by atoms with Crippen LogP contribution in [0, 0.1) is 5.82 Å². The van der Waals surface area contributed by atoms with Crippen molar-refractivity contribution in [2.45, 2.75) is 38.3 Å². The first kappa shape index (κ1) is 27.8. The second-order valence-corrected chi connectivity index (χ2v) is 9.74. The maximum absolute atomic E-state index is 15.3. The van der Waals surface area contributed by atoms with Crippen molar-refractivity contribution in [3.63, 3.8) is 0 Å². The molecule has 13 nitrogen and oxygen atoms in total. The average Bonchev–Trinajstić information content (AvgIpc) is 3.63. The van der Waals surface area contributed by atoms with Crippen molar-refractivity contribution in [1.82, 2.24) is 30.1 Å². The van der Waals surface area contributed by atoms with Crippen LogP contribution in [0.5, 0.6) is 5.75 Å². The van der Waals surface area contributed by atoms with E-state index in [2.05, 4.69) is 25.8 Å². The molecule has 2 aliphatic heterocycles. The number of amides is 2. The summed E-state index contributed by atoms with van der Waals surface area (Å²) in [6.45, 7) is 0.664. The Morgan fingerprint density at radius 3 is 2.73 bits per heavy atom. The number of Topliss-reactive ketones (excluding diaryl/α,β-unsaturated/α-hetero) is 1. The van der Waals surface area contributed by atoms with E-state index in [-0.39, 0.29) is 34.1 Å². The Morgan fingerprint density at radius 2 is 2.02 bits per heavy atom. The van der Waals surface area contributed by atoms with Crippen LogP contribution in [0.3, 0.4) is 0 Å². The quantitative estimate of drug-likeness (QED) is 0.308. The fourth-order valence-corrected chi connectivity index (χ4v) is 5.27. The van der Waals surface area contributed by atoms with E-state index in [4.69, 9.17) is 21.1 Å². The number of nitrogens with zero attached hydrogens (tertiary/aromatic N) is 6. The molecule has 0 bridgehead atoms. The van der Waals surface area contributed by atoms with E-state index in [0.717, 1.165) is 0 Å². The van der Waals surface area contributed by atoms with Gasteiger partial charge in [-0.3, -0.25) is 14.4 Å². The van der Waals surface area contributed by atoms with E-state index in [1.54, 1.807) is 6.07 Å². The Morgan fingerprint density at radius 1 is 1.22 bits per heavy atom. The molecule has 2 aliphatic rings. The molecule has 4 heterocycles. The first-order valence-electron chi connectivity index (χ1n) is 12.4. The molecule has 0 spiro atoms. The van der Waals surface area contributed by atoms with E-state index in [9.17, 15) is 19.2 Å². The van der Waals surface area contributed by atoms with Gasteiger partial charge in [-0.15, -0.1) is 5.10 Å². The summed E-state index contributed by atoms with van der Waals surface area (Å²) >= 11 is 6.06. The number of hydrogen-bond acceptors (Lipinski definition) is 10. The molecule has 1 saturated heterocycles. The van der Waals surface area contributed by atoms with Gasteiger partial charge < -0.3 is 19.7 Å². The Hall–Kier alpha value is -4.72. The summed E-state index contributed by atoms with van der Waals surface area (Å²) in [4.78, 5) is 56.0. The smallest absolute Gasteiger partial charge is 0.329 e. The first-order chi connectivity index (χ1) is 19.7. The lowest BCUT2D eigenvalue weighted by Crippen LogP contribution is -2.47. The zero-order chi connectivity index (χ0) is 29.3. The van der Waals surface area contributed by atoms with E-state index < -0.39 is 48.1 Å². The second kappa shape index (κ2) is 11.4. The van der Waals surface area contributed by atoms with Crippen molar-refractivity contribution in [3.8, 4) is 11.4 Å². The summed E-state index contributed by atoms with van der Waals surface area (Å²) in [7, 11) is 1.31. The average molecular weight is 584 g/mol. The molecule has 0 aliphatic carbocycles. The number of carbonyl (C=O) groups is 4. The second-order valence-electron chi connectivity index (χ2n) is 9.33. The van der Waals surface area contributed by atoms with Crippen molar-refractivity contribution in [2.24, 2.45) is 0 Å². The van der Waals surface area contributed by atoms with Crippen molar-refractivity contribution >= 4 is 46.6 Å². The highest BCUT2D eigenvalue weighted by molar-refractivity contribution is 6.31. The van der Waals surface area contributed by atoms with Crippen LogP contribution >= 0.6 is 11.6 Å². The number of aromatic nitrogens is 5. The van der Waals surface area contributed by atoms with Gasteiger partial charge in [0.05, 0.1) is 23.4 Å². The SMILES string of the molecule is COc1c(C(=O)COC(=O)[C@@H]2CC[C@H]3CC(c4c(-n5cnnn5)ccc(Cl)c4F)=CC(=O)N32)ccnc1NC(C)=O. The fraction of sp³-hybridized carbons (Fsp3) is 0.308. The minimum atomic E-state index is -0.921. The molecule has 212 valence electrons. The number of ether oxygens (including phenoxy) is 2. The van der Waals surface area contributed by atoms with Crippen LogP contribution in [0.4, 0.5) is 10.2 Å². The van der Waals surface area contributed by atoms with Gasteiger partial charge in [0, 0.05) is 30.8 Å². The van der Waals surface area contributed by atoms with Crippen LogP contribution in [0.25, 0.3) is 11.3 Å². The van der Waals surface area contributed by atoms with E-state index in [1.165, 1.54) is 54.3 Å². The maximum atomic E-state index is 15.3. The monoisotopic (exact) mass is 583 g/mol. The number of rotatable bonds is 8. The van der Waals surface area contributed by atoms with Gasteiger partial charge in [0.1, 0.15) is 12.4 Å². The van der Waals surface area contributed by atoms with Crippen LogP contribution in [0.1, 0.15) is 42.1 Å². The number of halogens is 2. The van der Waals surface area contributed by atoms with Crippen molar-refractivity contribution in [2.75, 3.05) is 19.0 Å². The molecule has 3 aromatic rings. The van der Waals surface area contributed by atoms with E-state index in [1.807, 2.05) is 0 Å². The Labute approximate surface area is 237 Å². The molecular weight excluding hydrogens is 561 g/mol. The lowest BCUT2D eigenvalue weighted by Gasteiger charge is -2.33. The van der Waals surface area contributed by atoms with E-state index >= 15 is 4.39 Å². The van der Waals surface area contributed by atoms with Crippen molar-refractivity contribution in [3.05, 3.63) is 58.8 Å². The zero-order valence-electron chi connectivity index (χ0n) is 21.8. The highest BCUT2D eigenvalue weighted by Crippen LogP contribution is 2.40. The number of methoxy groups -OCH3 is 1. The molecule has 2 amide bonds. The number of hydrogen-bond donors (Lipinski definition) is 1. The number of tetrazole rings is 1. The molecule has 1 aromatic carbocycles. The van der Waals surface area contributed by atoms with Crippen LogP contribution in [0.15, 0.2) is 36.8 Å². The minimum absolute atomic E-state index is 0.0304. The Balaban J connectivity index is 1.32. The largest absolute Gasteiger partial charge is 0.492 e. The molecular formula is C26H23ClFN7O6. The van der Waals surface area contributed by atoms with Crippen molar-refractivity contribution in [1.29, 1.82) is 0 Å². The number of ketones is 1. The van der Waals surface area contributed by atoms with Crippen LogP contribution in [-0.2, 0) is 19.1 Å². The third kappa shape index (κ3) is 5.37. The number of benzene rings is 1. The highest BCUT2D eigenvalue weighted by Gasteiger charge is 2.44. The standard InChI is InChI=1S/C26H23ClFN7O6/c1-13(36)31-25-24(40-2)16(7-8-29-25)20(37)11-41-26(39)19-5-3-15-9-14(10-21(38)35(15)19)22-18(34-12-30-32-33-34)6-4-17(27)23(22)28/h4,6-8,10,12,15,19H,3,5,9,11H2,1-2H3,(H,29,31,36)/t15-,19-/m0/s1. The Bertz CT molecular complexity index is 1580. The van der Waals surface area contributed by atoms with Crippen LogP contribution in [0.2, 0.25) is 5.02 Å². The topological polar surface area (TPSA) is 158 Å². The normalized spacial score (nSPS) is 18.0. The summed E-state index contributed by atoms with van der Waals surface area (Å²) in [5, 5.41) is 13.3. The molecule has 1 N–H and O–H groups in total. The third-order valence-corrected chi connectivity index (χ3v) is 7.11. The number of nitrogens with one attached hydrogen (secondary N) is 1. The van der Waals surface area contributed by atoms with Gasteiger partial charge in [-0.25, -0.2) is 14.2 Å². The molecule has 15 heteroatoms. The Kier molecular flexibility index (Phi) is 7.75. The van der Waals surface area contributed by atoms with Gasteiger partial charge in [0.15, 0.2) is 24.0 Å². The van der Waals surface area contributed by atoms with Gasteiger partial charge in [0.25, 0.3) is 0 Å². The molecule has 5 rings (SSSR count). The first-order valence-corrected chi connectivity index (χ1v) is 12.8. The molecule has 2 atom stereocenters. The minimum Gasteiger partial charge on any atom is -0.492 e. The predicted molar refractivity (Wildman–Crippen MR) is 141 cm³/mol. The fourth-order valence-electron chi connectivity index (χ4n) is 5.11. The van der Waals surface area contributed by atoms with Gasteiger partial charge in [0.2, 0.25) is 17.6 Å². The van der Waals surface area contributed by atoms with Gasteiger partial charge in [-0.1, -0.05) is 11.6 Å². The number of pyridine rings is 1. The summed E-state index contributed by atoms with van der Waals surface area (Å²) in [6, 6.07) is 2.98. The third-order valence-electron chi connectivity index (χ3n) is 6.82. The summed E-state index contributed by atoms with van der Waals surface area (Å²) in [6.07, 6.45) is 4.89. The van der Waals surface area contributed by atoms with Crippen LogP contribution < -0.4 is 10.1 Å². The lowest BCUT2D eigenvalue weighted by molar-refractivity contribution is -0.152. The van der Waals surface area contributed by atoms with Crippen molar-refractivity contribution < 1.29 is 33.0 Å². The predicted octanol–water partition coefficient (Wildman–Crippen LogP) is 2.39. The molecule has 0 unspecified atom stereocenters.